The molecule has 1 aromatic heterocycles. The van der Waals surface area contributed by atoms with Gasteiger partial charge in [0.2, 0.25) is 0 Å². The zero-order chi connectivity index (χ0) is 18.7. The van der Waals surface area contributed by atoms with E-state index < -0.39 is 0 Å². The molecule has 0 atom stereocenters. The normalized spacial score (nSPS) is 10.7. The molecule has 1 N–H and O–H groups in total. The number of amides is 1. The first-order chi connectivity index (χ1) is 12.6. The standard InChI is InChI=1S/C20H21N3O3/c1-4-23-17-10-9-15(20(25)26-5-2)12-16(17)22-18(23)13-7-6-8-14(11-13)19(24)21-3/h6-12H,4-5H2,1-3H3,(H,21,24). The lowest BCUT2D eigenvalue weighted by atomic mass is 10.1. The lowest BCUT2D eigenvalue weighted by Crippen LogP contribution is -2.17. The maximum atomic E-state index is 12.0. The molecule has 6 nitrogen and oxygen atoms in total. The minimum atomic E-state index is -0.358. The summed E-state index contributed by atoms with van der Waals surface area (Å²) >= 11 is 0. The fourth-order valence-corrected chi connectivity index (χ4v) is 2.96. The molecule has 1 heterocycles. The Morgan fingerprint density at radius 2 is 1.92 bits per heavy atom. The monoisotopic (exact) mass is 351 g/mol. The Balaban J connectivity index is 2.11. The average molecular weight is 351 g/mol. The topological polar surface area (TPSA) is 73.2 Å². The lowest BCUT2D eigenvalue weighted by Gasteiger charge is -2.08. The van der Waals surface area contributed by atoms with Gasteiger partial charge >= 0.3 is 5.97 Å². The highest BCUT2D eigenvalue weighted by Crippen LogP contribution is 2.26. The number of nitrogens with zero attached hydrogens (tertiary/aromatic N) is 2. The van der Waals surface area contributed by atoms with Crippen LogP contribution in [0.3, 0.4) is 0 Å². The van der Waals surface area contributed by atoms with Crippen molar-refractivity contribution in [3.05, 3.63) is 53.6 Å². The van der Waals surface area contributed by atoms with Crippen molar-refractivity contribution in [1.82, 2.24) is 14.9 Å². The minimum absolute atomic E-state index is 0.143. The molecule has 0 spiro atoms. The van der Waals surface area contributed by atoms with Crippen LogP contribution in [0.4, 0.5) is 0 Å². The van der Waals surface area contributed by atoms with Gasteiger partial charge in [-0.25, -0.2) is 9.78 Å². The van der Waals surface area contributed by atoms with Crippen LogP contribution in [0.1, 0.15) is 34.6 Å². The number of hydrogen-bond acceptors (Lipinski definition) is 4. The predicted octanol–water partition coefficient (Wildman–Crippen LogP) is 3.26. The van der Waals surface area contributed by atoms with Gasteiger partial charge in [-0.15, -0.1) is 0 Å². The molecule has 6 heteroatoms. The van der Waals surface area contributed by atoms with Crippen LogP contribution in [0.5, 0.6) is 0 Å². The predicted molar refractivity (Wildman–Crippen MR) is 100 cm³/mol. The molecule has 0 bridgehead atoms. The molecule has 2 aromatic carbocycles. The van der Waals surface area contributed by atoms with Gasteiger partial charge in [-0.3, -0.25) is 4.79 Å². The maximum Gasteiger partial charge on any atom is 0.338 e. The van der Waals surface area contributed by atoms with Crippen molar-refractivity contribution < 1.29 is 14.3 Å². The Morgan fingerprint density at radius 3 is 2.62 bits per heavy atom. The van der Waals surface area contributed by atoms with Crippen molar-refractivity contribution in [2.45, 2.75) is 20.4 Å². The summed E-state index contributed by atoms with van der Waals surface area (Å²) in [4.78, 5) is 28.6. The molecule has 0 aliphatic rings. The second kappa shape index (κ2) is 7.39. The molecule has 0 aliphatic carbocycles. The van der Waals surface area contributed by atoms with E-state index in [4.69, 9.17) is 9.72 Å². The number of carbonyl (C=O) groups excluding carboxylic acids is 2. The molecular formula is C20H21N3O3. The third kappa shape index (κ3) is 3.18. The Bertz CT molecular complexity index is 976. The summed E-state index contributed by atoms with van der Waals surface area (Å²) in [6.07, 6.45) is 0. The van der Waals surface area contributed by atoms with Crippen LogP contribution < -0.4 is 5.32 Å². The number of benzene rings is 2. The number of imidazole rings is 1. The van der Waals surface area contributed by atoms with Crippen LogP contribution in [0.15, 0.2) is 42.5 Å². The van der Waals surface area contributed by atoms with Gasteiger partial charge in [0.25, 0.3) is 5.91 Å². The summed E-state index contributed by atoms with van der Waals surface area (Å²) in [5.74, 6) is 0.258. The second-order valence-corrected chi connectivity index (χ2v) is 5.76. The van der Waals surface area contributed by atoms with E-state index >= 15 is 0 Å². The van der Waals surface area contributed by atoms with E-state index in [1.807, 2.05) is 31.2 Å². The van der Waals surface area contributed by atoms with Crippen molar-refractivity contribution in [1.29, 1.82) is 0 Å². The molecule has 0 saturated carbocycles. The number of esters is 1. The molecule has 0 aliphatic heterocycles. The first-order valence-electron chi connectivity index (χ1n) is 8.59. The van der Waals surface area contributed by atoms with Crippen LogP contribution >= 0.6 is 0 Å². The third-order valence-corrected chi connectivity index (χ3v) is 4.19. The first kappa shape index (κ1) is 17.7. The number of nitrogens with one attached hydrogen (secondary N) is 1. The van der Waals surface area contributed by atoms with Gasteiger partial charge in [-0.1, -0.05) is 12.1 Å². The van der Waals surface area contributed by atoms with Gasteiger partial charge in [0, 0.05) is 24.7 Å². The van der Waals surface area contributed by atoms with Crippen LogP contribution in [0, 0.1) is 0 Å². The summed E-state index contributed by atoms with van der Waals surface area (Å²) in [7, 11) is 1.60. The smallest absolute Gasteiger partial charge is 0.338 e. The summed E-state index contributed by atoms with van der Waals surface area (Å²) in [5, 5.41) is 2.63. The second-order valence-electron chi connectivity index (χ2n) is 5.76. The largest absolute Gasteiger partial charge is 0.462 e. The molecule has 1 amide bonds. The van der Waals surface area contributed by atoms with Crippen molar-refractivity contribution in [3.63, 3.8) is 0 Å². The van der Waals surface area contributed by atoms with Gasteiger partial charge < -0.3 is 14.6 Å². The number of ether oxygens (including phenoxy) is 1. The molecular weight excluding hydrogens is 330 g/mol. The number of rotatable bonds is 5. The highest BCUT2D eigenvalue weighted by atomic mass is 16.5. The van der Waals surface area contributed by atoms with Gasteiger partial charge in [0.1, 0.15) is 5.82 Å². The zero-order valence-electron chi connectivity index (χ0n) is 15.1. The van der Waals surface area contributed by atoms with Crippen LogP contribution in [0.25, 0.3) is 22.4 Å². The molecule has 0 fully saturated rings. The minimum Gasteiger partial charge on any atom is -0.462 e. The van der Waals surface area contributed by atoms with E-state index in [-0.39, 0.29) is 11.9 Å². The number of aryl methyl sites for hydroxylation is 1. The number of carbonyl (C=O) groups is 2. The van der Waals surface area contributed by atoms with E-state index in [0.717, 1.165) is 29.0 Å². The molecule has 0 unspecified atom stereocenters. The average Bonchev–Trinajstić information content (AvgIpc) is 3.05. The summed E-state index contributed by atoms with van der Waals surface area (Å²) < 4.78 is 7.12. The molecule has 3 rings (SSSR count). The summed E-state index contributed by atoms with van der Waals surface area (Å²) in [6, 6.07) is 12.7. The first-order valence-corrected chi connectivity index (χ1v) is 8.59. The van der Waals surface area contributed by atoms with Crippen molar-refractivity contribution in [2.24, 2.45) is 0 Å². The van der Waals surface area contributed by atoms with E-state index in [1.165, 1.54) is 0 Å². The van der Waals surface area contributed by atoms with Crippen LogP contribution in [0.2, 0.25) is 0 Å². The summed E-state index contributed by atoms with van der Waals surface area (Å²) in [6.45, 7) is 4.86. The van der Waals surface area contributed by atoms with Crippen molar-refractivity contribution in [2.75, 3.05) is 13.7 Å². The van der Waals surface area contributed by atoms with Crippen molar-refractivity contribution >= 4 is 22.9 Å². The van der Waals surface area contributed by atoms with Gasteiger partial charge in [0.15, 0.2) is 0 Å². The van der Waals surface area contributed by atoms with E-state index in [2.05, 4.69) is 9.88 Å². The van der Waals surface area contributed by atoms with Crippen LogP contribution in [-0.2, 0) is 11.3 Å². The fourth-order valence-electron chi connectivity index (χ4n) is 2.96. The van der Waals surface area contributed by atoms with E-state index in [9.17, 15) is 9.59 Å². The molecule has 3 aromatic rings. The molecule has 134 valence electrons. The SMILES string of the molecule is CCOC(=O)c1ccc2c(c1)nc(-c1cccc(C(=O)NC)c1)n2CC. The molecule has 26 heavy (non-hydrogen) atoms. The number of hydrogen-bond donors (Lipinski definition) is 1. The molecule has 0 saturated heterocycles. The van der Waals surface area contributed by atoms with E-state index in [1.54, 1.807) is 32.2 Å². The Hall–Kier alpha value is -3.15. The number of aromatic nitrogens is 2. The van der Waals surface area contributed by atoms with Crippen LogP contribution in [-0.4, -0.2) is 35.1 Å². The quantitative estimate of drug-likeness (QED) is 0.716. The fraction of sp³-hybridized carbons (Fsp3) is 0.250. The maximum absolute atomic E-state index is 12.0. The Kier molecular flexibility index (Phi) is 5.02. The zero-order valence-corrected chi connectivity index (χ0v) is 15.1. The summed E-state index contributed by atoms with van der Waals surface area (Å²) in [5.41, 5.74) is 3.55. The van der Waals surface area contributed by atoms with Gasteiger partial charge in [-0.05, 0) is 44.2 Å². The Morgan fingerprint density at radius 1 is 1.12 bits per heavy atom. The molecule has 0 radical (unpaired) electrons. The lowest BCUT2D eigenvalue weighted by molar-refractivity contribution is 0.0526. The van der Waals surface area contributed by atoms with E-state index in [0.29, 0.717) is 17.7 Å². The van der Waals surface area contributed by atoms with Crippen molar-refractivity contribution in [3.8, 4) is 11.4 Å². The third-order valence-electron chi connectivity index (χ3n) is 4.19. The van der Waals surface area contributed by atoms with Gasteiger partial charge in [-0.2, -0.15) is 0 Å². The highest BCUT2D eigenvalue weighted by molar-refractivity contribution is 5.96. The van der Waals surface area contributed by atoms with Gasteiger partial charge in [0.05, 0.1) is 23.2 Å². The number of fused-ring (bicyclic) bond motifs is 1. The highest BCUT2D eigenvalue weighted by Gasteiger charge is 2.15. The Labute approximate surface area is 151 Å².